The molecule has 0 spiro atoms. The molecule has 0 atom stereocenters. The van der Waals surface area contributed by atoms with Gasteiger partial charge in [-0.3, -0.25) is 4.90 Å². The smallest absolute Gasteiger partial charge is 0.0236 e. The van der Waals surface area contributed by atoms with E-state index in [-0.39, 0.29) is 12.4 Å². The number of hydrogen-bond donors (Lipinski definition) is 1. The molecule has 18 heavy (non-hydrogen) atoms. The molecule has 1 N–H and O–H groups in total. The van der Waals surface area contributed by atoms with Crippen molar-refractivity contribution >= 4 is 12.4 Å². The van der Waals surface area contributed by atoms with Gasteiger partial charge in [0, 0.05) is 12.6 Å². The van der Waals surface area contributed by atoms with Gasteiger partial charge in [-0.2, -0.15) is 0 Å². The van der Waals surface area contributed by atoms with Crippen molar-refractivity contribution in [3.63, 3.8) is 0 Å². The molecule has 0 unspecified atom stereocenters. The molecule has 1 aromatic rings. The number of nitrogens with one attached hydrogen (secondary N) is 1. The fourth-order valence-corrected chi connectivity index (χ4v) is 2.62. The van der Waals surface area contributed by atoms with E-state index in [4.69, 9.17) is 0 Å². The first kappa shape index (κ1) is 15.5. The largest absolute Gasteiger partial charge is 0.317 e. The number of rotatable bonds is 3. The summed E-state index contributed by atoms with van der Waals surface area (Å²) in [7, 11) is 2.26. The van der Waals surface area contributed by atoms with Crippen molar-refractivity contribution in [2.45, 2.75) is 39.3 Å². The van der Waals surface area contributed by atoms with Gasteiger partial charge in [0.2, 0.25) is 0 Å². The first-order valence-corrected chi connectivity index (χ1v) is 6.64. The Labute approximate surface area is 117 Å². The Hall–Kier alpha value is -0.570. The number of hydrogen-bond acceptors (Lipinski definition) is 2. The highest BCUT2D eigenvalue weighted by molar-refractivity contribution is 5.85. The highest BCUT2D eigenvalue weighted by atomic mass is 35.5. The van der Waals surface area contributed by atoms with E-state index in [1.807, 2.05) is 0 Å². The Balaban J connectivity index is 0.00000162. The first-order valence-electron chi connectivity index (χ1n) is 6.64. The number of nitrogens with zero attached hydrogens (tertiary/aromatic N) is 1. The molecular weight excluding hydrogens is 244 g/mol. The molecule has 102 valence electrons. The molecule has 0 aromatic heterocycles. The molecule has 0 amide bonds. The predicted molar refractivity (Wildman–Crippen MR) is 80.5 cm³/mol. The van der Waals surface area contributed by atoms with Crippen molar-refractivity contribution in [3.8, 4) is 0 Å². The molecule has 1 fully saturated rings. The van der Waals surface area contributed by atoms with E-state index in [1.54, 1.807) is 0 Å². The monoisotopic (exact) mass is 268 g/mol. The fraction of sp³-hybridized carbons (Fsp3) is 0.600. The second kappa shape index (κ2) is 7.13. The third-order valence-electron chi connectivity index (χ3n) is 3.86. The first-order chi connectivity index (χ1) is 8.16. The molecular formula is C15H25ClN2. The van der Waals surface area contributed by atoms with E-state index in [9.17, 15) is 0 Å². The van der Waals surface area contributed by atoms with E-state index < -0.39 is 0 Å². The van der Waals surface area contributed by atoms with Crippen molar-refractivity contribution in [1.82, 2.24) is 10.2 Å². The van der Waals surface area contributed by atoms with Gasteiger partial charge in [-0.1, -0.05) is 23.8 Å². The van der Waals surface area contributed by atoms with Crippen LogP contribution >= 0.6 is 12.4 Å². The normalized spacial score (nSPS) is 16.7. The summed E-state index contributed by atoms with van der Waals surface area (Å²) in [5.41, 5.74) is 4.26. The summed E-state index contributed by atoms with van der Waals surface area (Å²) in [5.74, 6) is 0. The van der Waals surface area contributed by atoms with Gasteiger partial charge in [0.25, 0.3) is 0 Å². The summed E-state index contributed by atoms with van der Waals surface area (Å²) in [6, 6.07) is 7.51. The van der Waals surface area contributed by atoms with Crippen LogP contribution < -0.4 is 5.32 Å². The third kappa shape index (κ3) is 3.98. The molecule has 1 aromatic carbocycles. The lowest BCUT2D eigenvalue weighted by Gasteiger charge is -2.32. The third-order valence-corrected chi connectivity index (χ3v) is 3.86. The molecule has 1 aliphatic heterocycles. The van der Waals surface area contributed by atoms with Crippen LogP contribution in [0.1, 0.15) is 29.5 Å². The molecule has 3 heteroatoms. The van der Waals surface area contributed by atoms with E-state index in [1.165, 1.54) is 42.6 Å². The zero-order valence-corrected chi connectivity index (χ0v) is 12.5. The van der Waals surface area contributed by atoms with Gasteiger partial charge < -0.3 is 5.32 Å². The quantitative estimate of drug-likeness (QED) is 0.907. The van der Waals surface area contributed by atoms with Crippen LogP contribution in [0.4, 0.5) is 0 Å². The number of aryl methyl sites for hydroxylation is 2. The minimum Gasteiger partial charge on any atom is -0.317 e. The van der Waals surface area contributed by atoms with Gasteiger partial charge in [-0.25, -0.2) is 0 Å². The zero-order valence-electron chi connectivity index (χ0n) is 11.7. The lowest BCUT2D eigenvalue weighted by Crippen LogP contribution is -2.40. The lowest BCUT2D eigenvalue weighted by molar-refractivity contribution is 0.191. The molecule has 2 rings (SSSR count). The van der Waals surface area contributed by atoms with Gasteiger partial charge in [0.05, 0.1) is 0 Å². The molecule has 1 saturated heterocycles. The van der Waals surface area contributed by atoms with Crippen molar-refractivity contribution in [2.75, 3.05) is 20.1 Å². The molecule has 0 saturated carbocycles. The van der Waals surface area contributed by atoms with Gasteiger partial charge >= 0.3 is 0 Å². The highest BCUT2D eigenvalue weighted by Crippen LogP contribution is 2.17. The topological polar surface area (TPSA) is 15.3 Å². The van der Waals surface area contributed by atoms with Crippen molar-refractivity contribution in [3.05, 3.63) is 34.9 Å². The number of halogens is 1. The van der Waals surface area contributed by atoms with Crippen LogP contribution in [0.15, 0.2) is 18.2 Å². The molecule has 0 bridgehead atoms. The van der Waals surface area contributed by atoms with Crippen LogP contribution in [-0.4, -0.2) is 31.1 Å². The minimum atomic E-state index is 0. The molecule has 0 aliphatic carbocycles. The lowest BCUT2D eigenvalue weighted by atomic mass is 10.0. The summed E-state index contributed by atoms with van der Waals surface area (Å²) in [4.78, 5) is 2.52. The Morgan fingerprint density at radius 3 is 2.56 bits per heavy atom. The maximum atomic E-state index is 3.43. The summed E-state index contributed by atoms with van der Waals surface area (Å²) >= 11 is 0. The standard InChI is InChI=1S/C15H24N2.ClH/c1-12-4-5-13(2)14(10-12)11-17(3)15-6-8-16-9-7-15;/h4-5,10,15-16H,6-9,11H2,1-3H3;1H. The Bertz CT molecular complexity index is 373. The summed E-state index contributed by atoms with van der Waals surface area (Å²) in [6.45, 7) is 7.81. The molecule has 2 nitrogen and oxygen atoms in total. The average Bonchev–Trinajstić information content (AvgIpc) is 2.35. The number of piperidine rings is 1. The Kier molecular flexibility index (Phi) is 6.13. The fourth-order valence-electron chi connectivity index (χ4n) is 2.62. The van der Waals surface area contributed by atoms with Crippen molar-refractivity contribution in [2.24, 2.45) is 0 Å². The van der Waals surface area contributed by atoms with Crippen LogP contribution in [0.5, 0.6) is 0 Å². The van der Waals surface area contributed by atoms with Crippen LogP contribution in [0.2, 0.25) is 0 Å². The van der Waals surface area contributed by atoms with Gasteiger partial charge in [0.15, 0.2) is 0 Å². The number of benzene rings is 1. The summed E-state index contributed by atoms with van der Waals surface area (Å²) in [6.07, 6.45) is 2.56. The Morgan fingerprint density at radius 2 is 1.89 bits per heavy atom. The van der Waals surface area contributed by atoms with E-state index in [2.05, 4.69) is 49.3 Å². The van der Waals surface area contributed by atoms with E-state index in [0.717, 1.165) is 12.6 Å². The van der Waals surface area contributed by atoms with Crippen LogP contribution in [0, 0.1) is 13.8 Å². The minimum absolute atomic E-state index is 0. The van der Waals surface area contributed by atoms with Crippen LogP contribution in [0.3, 0.4) is 0 Å². The van der Waals surface area contributed by atoms with Gasteiger partial charge in [-0.05, 0) is 58.0 Å². The van der Waals surface area contributed by atoms with Crippen molar-refractivity contribution in [1.29, 1.82) is 0 Å². The molecule has 0 radical (unpaired) electrons. The summed E-state index contributed by atoms with van der Waals surface area (Å²) < 4.78 is 0. The van der Waals surface area contributed by atoms with Crippen molar-refractivity contribution < 1.29 is 0 Å². The van der Waals surface area contributed by atoms with E-state index in [0.29, 0.717) is 0 Å². The van der Waals surface area contributed by atoms with E-state index >= 15 is 0 Å². The average molecular weight is 269 g/mol. The van der Waals surface area contributed by atoms with Gasteiger partial charge in [-0.15, -0.1) is 12.4 Å². The van der Waals surface area contributed by atoms with Crippen LogP contribution in [-0.2, 0) is 6.54 Å². The second-order valence-electron chi connectivity index (χ2n) is 5.33. The Morgan fingerprint density at radius 1 is 1.22 bits per heavy atom. The van der Waals surface area contributed by atoms with Crippen LogP contribution in [0.25, 0.3) is 0 Å². The second-order valence-corrected chi connectivity index (χ2v) is 5.33. The van der Waals surface area contributed by atoms with Gasteiger partial charge in [0.1, 0.15) is 0 Å². The predicted octanol–water partition coefficient (Wildman–Crippen LogP) is 2.91. The zero-order chi connectivity index (χ0) is 12.3. The SMILES string of the molecule is Cc1ccc(C)c(CN(C)C2CCNCC2)c1.Cl. The molecule has 1 aliphatic rings. The maximum absolute atomic E-state index is 3.43. The maximum Gasteiger partial charge on any atom is 0.0236 e. The molecule has 1 heterocycles. The summed E-state index contributed by atoms with van der Waals surface area (Å²) in [5, 5.41) is 3.43. The highest BCUT2D eigenvalue weighted by Gasteiger charge is 2.18.